The smallest absolute Gasteiger partial charge is 0.235 e. The highest BCUT2D eigenvalue weighted by Crippen LogP contribution is 2.27. The average Bonchev–Trinajstić information content (AvgIpc) is 2.28. The Morgan fingerprint density at radius 1 is 1.41 bits per heavy atom. The summed E-state index contributed by atoms with van der Waals surface area (Å²) < 4.78 is 0. The predicted octanol–water partition coefficient (Wildman–Crippen LogP) is 0.00558. The average molecular weight is 237 g/mol. The number of aliphatic hydroxyl groups excluding tert-OH is 1. The van der Waals surface area contributed by atoms with Crippen molar-refractivity contribution in [3.05, 3.63) is 0 Å². The fraction of sp³-hybridized carbons (Fsp3) is 0.833. The lowest BCUT2D eigenvalue weighted by atomic mass is 9.83. The van der Waals surface area contributed by atoms with Crippen LogP contribution < -0.4 is 5.32 Å². The van der Waals surface area contributed by atoms with E-state index in [0.717, 1.165) is 32.1 Å². The van der Waals surface area contributed by atoms with Crippen LogP contribution in [0.4, 0.5) is 0 Å². The number of rotatable bonds is 3. The second-order valence-electron chi connectivity index (χ2n) is 5.15. The summed E-state index contributed by atoms with van der Waals surface area (Å²) in [6, 6.07) is 2.27. The summed E-state index contributed by atoms with van der Waals surface area (Å²) in [6.07, 6.45) is 4.40. The van der Waals surface area contributed by atoms with Crippen LogP contribution in [0.1, 0.15) is 32.1 Å². The lowest BCUT2D eigenvalue weighted by molar-refractivity contribution is -0.126. The van der Waals surface area contributed by atoms with E-state index in [9.17, 15) is 10.1 Å². The second kappa shape index (κ2) is 5.03. The number of nitriles is 1. The quantitative estimate of drug-likeness (QED) is 0.724. The number of nitrogens with one attached hydrogen (secondary N) is 1. The first kappa shape index (κ1) is 12.3. The number of hydrogen-bond acceptors (Lipinski definition) is 4. The zero-order valence-corrected chi connectivity index (χ0v) is 9.98. The first-order valence-electron chi connectivity index (χ1n) is 6.26. The Labute approximate surface area is 101 Å². The van der Waals surface area contributed by atoms with Crippen LogP contribution >= 0.6 is 0 Å². The fourth-order valence-electron chi connectivity index (χ4n) is 2.60. The van der Waals surface area contributed by atoms with E-state index in [1.165, 1.54) is 0 Å². The highest BCUT2D eigenvalue weighted by Gasteiger charge is 2.34. The minimum absolute atomic E-state index is 0.0969. The van der Waals surface area contributed by atoms with Gasteiger partial charge >= 0.3 is 0 Å². The number of carbonyl (C=O) groups excluding carboxylic acids is 1. The normalized spacial score (nSPS) is 24.7. The maximum atomic E-state index is 11.8. The molecule has 94 valence electrons. The largest absolute Gasteiger partial charge is 0.390 e. The minimum Gasteiger partial charge on any atom is -0.390 e. The molecule has 0 aromatic rings. The molecule has 17 heavy (non-hydrogen) atoms. The summed E-state index contributed by atoms with van der Waals surface area (Å²) in [5, 5.41) is 21.2. The van der Waals surface area contributed by atoms with Crippen LogP contribution in [0.3, 0.4) is 0 Å². The molecule has 0 unspecified atom stereocenters. The summed E-state index contributed by atoms with van der Waals surface area (Å²) in [7, 11) is 0. The fourth-order valence-corrected chi connectivity index (χ4v) is 2.60. The van der Waals surface area contributed by atoms with E-state index in [1.807, 2.05) is 4.90 Å². The van der Waals surface area contributed by atoms with E-state index >= 15 is 0 Å². The molecule has 2 rings (SSSR count). The second-order valence-corrected chi connectivity index (χ2v) is 5.15. The molecule has 1 heterocycles. The van der Waals surface area contributed by atoms with E-state index in [2.05, 4.69) is 11.4 Å². The molecule has 5 heteroatoms. The van der Waals surface area contributed by atoms with Crippen molar-refractivity contribution in [3.63, 3.8) is 0 Å². The Hall–Kier alpha value is -1.12. The third-order valence-corrected chi connectivity index (χ3v) is 3.60. The molecule has 1 saturated heterocycles. The van der Waals surface area contributed by atoms with Crippen molar-refractivity contribution in [3.8, 4) is 6.07 Å². The van der Waals surface area contributed by atoms with Crippen molar-refractivity contribution in [1.82, 2.24) is 10.2 Å². The van der Waals surface area contributed by atoms with Crippen molar-refractivity contribution in [1.29, 1.82) is 5.26 Å². The molecule has 0 spiro atoms. The molecule has 0 atom stereocenters. The molecule has 1 amide bonds. The van der Waals surface area contributed by atoms with Gasteiger partial charge in [-0.05, 0) is 12.8 Å². The van der Waals surface area contributed by atoms with Crippen LogP contribution in [-0.4, -0.2) is 47.2 Å². The third-order valence-electron chi connectivity index (χ3n) is 3.60. The van der Waals surface area contributed by atoms with Crippen molar-refractivity contribution < 1.29 is 9.90 Å². The van der Waals surface area contributed by atoms with Gasteiger partial charge < -0.3 is 10.4 Å². The number of likely N-dealkylation sites (tertiary alicyclic amines) is 1. The van der Waals surface area contributed by atoms with E-state index in [1.54, 1.807) is 0 Å². The van der Waals surface area contributed by atoms with E-state index in [0.29, 0.717) is 19.6 Å². The van der Waals surface area contributed by atoms with Gasteiger partial charge in [0.25, 0.3) is 0 Å². The van der Waals surface area contributed by atoms with Gasteiger partial charge in [0, 0.05) is 13.1 Å². The first-order chi connectivity index (χ1) is 8.13. The summed E-state index contributed by atoms with van der Waals surface area (Å²) >= 11 is 0. The Balaban J connectivity index is 1.82. The number of hydrogen-bond donors (Lipinski definition) is 2. The van der Waals surface area contributed by atoms with Gasteiger partial charge in [-0.2, -0.15) is 5.26 Å². The molecule has 0 bridgehead atoms. The maximum Gasteiger partial charge on any atom is 0.235 e. The van der Waals surface area contributed by atoms with Gasteiger partial charge in [-0.1, -0.05) is 19.3 Å². The van der Waals surface area contributed by atoms with Gasteiger partial charge in [-0.15, -0.1) is 0 Å². The molecular weight excluding hydrogens is 218 g/mol. The number of nitrogens with zero attached hydrogens (tertiary/aromatic N) is 2. The number of carbonyl (C=O) groups is 1. The van der Waals surface area contributed by atoms with Crippen LogP contribution in [0.15, 0.2) is 0 Å². The first-order valence-corrected chi connectivity index (χ1v) is 6.26. The van der Waals surface area contributed by atoms with Gasteiger partial charge in [0.15, 0.2) is 0 Å². The zero-order valence-electron chi connectivity index (χ0n) is 9.98. The lowest BCUT2D eigenvalue weighted by Gasteiger charge is -2.37. The molecule has 1 aliphatic carbocycles. The number of β-amino-alcohol motifs (C(OH)–C–C–N with tert-alkyl or cyclic N) is 1. The molecule has 2 aliphatic rings. The topological polar surface area (TPSA) is 76.4 Å². The van der Waals surface area contributed by atoms with E-state index in [-0.39, 0.29) is 12.0 Å². The SMILES string of the molecule is N#CC1(NC(=O)CN2CC(O)C2)CCCCC1. The van der Waals surface area contributed by atoms with Crippen molar-refractivity contribution in [2.45, 2.75) is 43.7 Å². The summed E-state index contributed by atoms with van der Waals surface area (Å²) in [4.78, 5) is 13.7. The van der Waals surface area contributed by atoms with Crippen LogP contribution in [0.5, 0.6) is 0 Å². The number of aliphatic hydroxyl groups is 1. The maximum absolute atomic E-state index is 11.8. The molecule has 5 nitrogen and oxygen atoms in total. The summed E-state index contributed by atoms with van der Waals surface area (Å²) in [6.45, 7) is 1.42. The van der Waals surface area contributed by atoms with Gasteiger partial charge in [0.05, 0.1) is 18.7 Å². The molecule has 0 aromatic heterocycles. The molecule has 1 saturated carbocycles. The Morgan fingerprint density at radius 2 is 2.06 bits per heavy atom. The minimum atomic E-state index is -0.640. The Morgan fingerprint density at radius 3 is 2.59 bits per heavy atom. The Bertz CT molecular complexity index is 325. The standard InChI is InChI=1S/C12H19N3O2/c13-9-12(4-2-1-3-5-12)14-11(17)8-15-6-10(16)7-15/h10,16H,1-8H2,(H,14,17). The number of amides is 1. The van der Waals surface area contributed by atoms with Crippen LogP contribution in [0.25, 0.3) is 0 Å². The van der Waals surface area contributed by atoms with Gasteiger partial charge in [0.2, 0.25) is 5.91 Å². The highest BCUT2D eigenvalue weighted by molar-refractivity contribution is 5.79. The molecule has 0 aromatic carbocycles. The molecule has 1 aliphatic heterocycles. The van der Waals surface area contributed by atoms with E-state index < -0.39 is 5.54 Å². The third kappa shape index (κ3) is 2.96. The molecule has 0 radical (unpaired) electrons. The Kier molecular flexibility index (Phi) is 3.65. The lowest BCUT2D eigenvalue weighted by Crippen LogP contribution is -2.57. The van der Waals surface area contributed by atoms with E-state index in [4.69, 9.17) is 5.11 Å². The van der Waals surface area contributed by atoms with Gasteiger partial charge in [-0.3, -0.25) is 9.69 Å². The molecular formula is C12H19N3O2. The van der Waals surface area contributed by atoms with Crippen LogP contribution in [0.2, 0.25) is 0 Å². The van der Waals surface area contributed by atoms with Crippen LogP contribution in [-0.2, 0) is 4.79 Å². The van der Waals surface area contributed by atoms with Crippen LogP contribution in [0, 0.1) is 11.3 Å². The monoisotopic (exact) mass is 237 g/mol. The van der Waals surface area contributed by atoms with Crippen molar-refractivity contribution >= 4 is 5.91 Å². The summed E-state index contributed by atoms with van der Waals surface area (Å²) in [5.41, 5.74) is -0.640. The summed E-state index contributed by atoms with van der Waals surface area (Å²) in [5.74, 6) is -0.0969. The zero-order chi connectivity index (χ0) is 12.3. The van der Waals surface area contributed by atoms with Crippen molar-refractivity contribution in [2.24, 2.45) is 0 Å². The molecule has 2 N–H and O–H groups in total. The molecule has 2 fully saturated rings. The van der Waals surface area contributed by atoms with Crippen molar-refractivity contribution in [2.75, 3.05) is 19.6 Å². The predicted molar refractivity (Wildman–Crippen MR) is 62.0 cm³/mol. The van der Waals surface area contributed by atoms with Gasteiger partial charge in [-0.25, -0.2) is 0 Å². The highest BCUT2D eigenvalue weighted by atomic mass is 16.3. The van der Waals surface area contributed by atoms with Gasteiger partial charge in [0.1, 0.15) is 5.54 Å².